The highest BCUT2D eigenvalue weighted by molar-refractivity contribution is 5.47. The summed E-state index contributed by atoms with van der Waals surface area (Å²) in [4.78, 5) is 13.4. The van der Waals surface area contributed by atoms with E-state index in [2.05, 4.69) is 45.5 Å². The molecule has 2 aromatic heterocycles. The molecule has 2 aromatic rings. The van der Waals surface area contributed by atoms with Gasteiger partial charge in [0.1, 0.15) is 17.5 Å². The molecule has 0 fully saturated rings. The molecule has 21 heavy (non-hydrogen) atoms. The van der Waals surface area contributed by atoms with Crippen LogP contribution in [0.5, 0.6) is 0 Å². The monoisotopic (exact) mass is 285 g/mol. The van der Waals surface area contributed by atoms with Crippen LogP contribution in [0, 0.1) is 0 Å². The fourth-order valence-electron chi connectivity index (χ4n) is 2.18. The average molecular weight is 285 g/mol. The molecule has 0 radical (unpaired) electrons. The zero-order chi connectivity index (χ0) is 15.1. The zero-order valence-corrected chi connectivity index (χ0v) is 13.0. The lowest BCUT2D eigenvalue weighted by atomic mass is 10.1. The third-order valence-corrected chi connectivity index (χ3v) is 3.30. The van der Waals surface area contributed by atoms with Crippen molar-refractivity contribution >= 4 is 11.6 Å². The molecular weight excluding hydrogens is 262 g/mol. The van der Waals surface area contributed by atoms with Gasteiger partial charge in [-0.25, -0.2) is 9.97 Å². The van der Waals surface area contributed by atoms with E-state index in [1.165, 1.54) is 5.56 Å². The Morgan fingerprint density at radius 1 is 1.14 bits per heavy atom. The summed E-state index contributed by atoms with van der Waals surface area (Å²) in [6.07, 6.45) is 4.73. The first-order valence-electron chi connectivity index (χ1n) is 7.49. The summed E-state index contributed by atoms with van der Waals surface area (Å²) in [6, 6.07) is 6.02. The Kier molecular flexibility index (Phi) is 5.49. The molecule has 0 atom stereocenters. The fourth-order valence-corrected chi connectivity index (χ4v) is 2.18. The number of anilines is 2. The molecule has 0 aromatic carbocycles. The number of aromatic nitrogens is 3. The van der Waals surface area contributed by atoms with Crippen LogP contribution in [0.2, 0.25) is 0 Å². The third kappa shape index (κ3) is 4.15. The van der Waals surface area contributed by atoms with Crippen LogP contribution in [0.25, 0.3) is 0 Å². The van der Waals surface area contributed by atoms with Gasteiger partial charge in [0, 0.05) is 25.7 Å². The van der Waals surface area contributed by atoms with Crippen LogP contribution in [-0.4, -0.2) is 22.0 Å². The predicted octanol–water partition coefficient (Wildman–Crippen LogP) is 3.04. The number of hydrogen-bond acceptors (Lipinski definition) is 5. The van der Waals surface area contributed by atoms with E-state index in [-0.39, 0.29) is 0 Å². The summed E-state index contributed by atoms with van der Waals surface area (Å²) >= 11 is 0. The van der Waals surface area contributed by atoms with Gasteiger partial charge in [0.2, 0.25) is 0 Å². The number of pyridine rings is 1. The summed E-state index contributed by atoms with van der Waals surface area (Å²) in [6.45, 7) is 4.95. The minimum atomic E-state index is 0.676. The standard InChI is InChI=1S/C16H23N5/c1-4-7-14-20-15(17-3)10-16(21-14)19-11-13-12(5-2)8-6-9-18-13/h6,8-10H,4-5,7,11H2,1-3H3,(H2,17,19,20,21). The van der Waals surface area contributed by atoms with Crippen LogP contribution >= 0.6 is 0 Å². The summed E-state index contributed by atoms with van der Waals surface area (Å²) in [5.74, 6) is 2.54. The number of aryl methyl sites for hydroxylation is 2. The molecule has 0 saturated carbocycles. The Bertz CT molecular complexity index is 583. The van der Waals surface area contributed by atoms with Gasteiger partial charge in [0.25, 0.3) is 0 Å². The van der Waals surface area contributed by atoms with Crippen molar-refractivity contribution in [3.05, 3.63) is 41.5 Å². The van der Waals surface area contributed by atoms with E-state index < -0.39 is 0 Å². The summed E-state index contributed by atoms with van der Waals surface area (Å²) in [5.41, 5.74) is 2.34. The SMILES string of the molecule is CCCc1nc(NC)cc(NCc2ncccc2CC)n1. The van der Waals surface area contributed by atoms with Crippen LogP contribution in [0.1, 0.15) is 37.4 Å². The van der Waals surface area contributed by atoms with Gasteiger partial charge in [-0.1, -0.05) is 19.9 Å². The molecule has 5 nitrogen and oxygen atoms in total. The van der Waals surface area contributed by atoms with Crippen molar-refractivity contribution < 1.29 is 0 Å². The van der Waals surface area contributed by atoms with E-state index in [4.69, 9.17) is 0 Å². The predicted molar refractivity (Wildman–Crippen MR) is 86.5 cm³/mol. The Morgan fingerprint density at radius 2 is 1.95 bits per heavy atom. The first kappa shape index (κ1) is 15.2. The first-order chi connectivity index (χ1) is 10.3. The van der Waals surface area contributed by atoms with E-state index in [0.29, 0.717) is 6.54 Å². The molecule has 0 aliphatic heterocycles. The van der Waals surface area contributed by atoms with Gasteiger partial charge >= 0.3 is 0 Å². The lowest BCUT2D eigenvalue weighted by Gasteiger charge is -2.11. The molecule has 0 aliphatic rings. The lowest BCUT2D eigenvalue weighted by molar-refractivity contribution is 0.834. The number of nitrogens with zero attached hydrogens (tertiary/aromatic N) is 3. The molecule has 2 heterocycles. The van der Waals surface area contributed by atoms with Crippen LogP contribution in [0.15, 0.2) is 24.4 Å². The molecular formula is C16H23N5. The molecule has 0 saturated heterocycles. The van der Waals surface area contributed by atoms with Gasteiger partial charge in [-0.15, -0.1) is 0 Å². The second kappa shape index (κ2) is 7.57. The Labute approximate surface area is 126 Å². The maximum absolute atomic E-state index is 4.55. The molecule has 5 heteroatoms. The van der Waals surface area contributed by atoms with Crippen LogP contribution in [0.3, 0.4) is 0 Å². The summed E-state index contributed by atoms with van der Waals surface area (Å²) in [5, 5.41) is 6.44. The van der Waals surface area contributed by atoms with Crippen molar-refractivity contribution in [3.63, 3.8) is 0 Å². The maximum atomic E-state index is 4.55. The molecule has 0 bridgehead atoms. The van der Waals surface area contributed by atoms with Crippen LogP contribution in [0.4, 0.5) is 11.6 Å². The van der Waals surface area contributed by atoms with Gasteiger partial charge in [-0.05, 0) is 24.5 Å². The molecule has 0 amide bonds. The molecule has 2 rings (SSSR count). The second-order valence-electron chi connectivity index (χ2n) is 4.87. The van der Waals surface area contributed by atoms with E-state index in [0.717, 1.165) is 42.4 Å². The topological polar surface area (TPSA) is 62.7 Å². The van der Waals surface area contributed by atoms with Crippen LogP contribution in [-0.2, 0) is 19.4 Å². The molecule has 0 spiro atoms. The van der Waals surface area contributed by atoms with Crippen LogP contribution < -0.4 is 10.6 Å². The number of nitrogens with one attached hydrogen (secondary N) is 2. The zero-order valence-electron chi connectivity index (χ0n) is 13.0. The first-order valence-corrected chi connectivity index (χ1v) is 7.49. The normalized spacial score (nSPS) is 10.4. The van der Waals surface area contributed by atoms with E-state index in [9.17, 15) is 0 Å². The van der Waals surface area contributed by atoms with Crippen molar-refractivity contribution in [1.29, 1.82) is 0 Å². The molecule has 0 unspecified atom stereocenters. The lowest BCUT2D eigenvalue weighted by Crippen LogP contribution is -2.09. The Hall–Kier alpha value is -2.17. The van der Waals surface area contributed by atoms with E-state index in [1.807, 2.05) is 25.4 Å². The maximum Gasteiger partial charge on any atom is 0.133 e. The van der Waals surface area contributed by atoms with Crippen molar-refractivity contribution in [2.24, 2.45) is 0 Å². The molecule has 112 valence electrons. The highest BCUT2D eigenvalue weighted by Crippen LogP contribution is 2.14. The van der Waals surface area contributed by atoms with Crippen molar-refractivity contribution in [2.45, 2.75) is 39.7 Å². The van der Waals surface area contributed by atoms with E-state index >= 15 is 0 Å². The number of hydrogen-bond donors (Lipinski definition) is 2. The Morgan fingerprint density at radius 3 is 2.67 bits per heavy atom. The van der Waals surface area contributed by atoms with Crippen molar-refractivity contribution in [1.82, 2.24) is 15.0 Å². The van der Waals surface area contributed by atoms with Gasteiger partial charge in [0.15, 0.2) is 0 Å². The average Bonchev–Trinajstić information content (AvgIpc) is 2.53. The fraction of sp³-hybridized carbons (Fsp3) is 0.438. The largest absolute Gasteiger partial charge is 0.373 e. The highest BCUT2D eigenvalue weighted by Gasteiger charge is 2.05. The highest BCUT2D eigenvalue weighted by atomic mass is 15.1. The quantitative estimate of drug-likeness (QED) is 0.818. The van der Waals surface area contributed by atoms with Gasteiger partial charge in [0.05, 0.1) is 12.2 Å². The molecule has 0 aliphatic carbocycles. The second-order valence-corrected chi connectivity index (χ2v) is 4.87. The minimum Gasteiger partial charge on any atom is -0.373 e. The van der Waals surface area contributed by atoms with Gasteiger partial charge in [-0.2, -0.15) is 0 Å². The Balaban J connectivity index is 2.13. The van der Waals surface area contributed by atoms with Gasteiger partial charge < -0.3 is 10.6 Å². The third-order valence-electron chi connectivity index (χ3n) is 3.30. The van der Waals surface area contributed by atoms with Crippen molar-refractivity contribution in [3.8, 4) is 0 Å². The van der Waals surface area contributed by atoms with Crippen molar-refractivity contribution in [2.75, 3.05) is 17.7 Å². The van der Waals surface area contributed by atoms with E-state index in [1.54, 1.807) is 0 Å². The minimum absolute atomic E-state index is 0.676. The number of rotatable bonds is 7. The summed E-state index contributed by atoms with van der Waals surface area (Å²) < 4.78 is 0. The smallest absolute Gasteiger partial charge is 0.133 e. The molecule has 2 N–H and O–H groups in total. The summed E-state index contributed by atoms with van der Waals surface area (Å²) in [7, 11) is 1.87. The van der Waals surface area contributed by atoms with Gasteiger partial charge in [-0.3, -0.25) is 4.98 Å².